The van der Waals surface area contributed by atoms with E-state index in [1.807, 2.05) is 0 Å². The summed E-state index contributed by atoms with van der Waals surface area (Å²) in [5, 5.41) is 9.75. The maximum atomic E-state index is 9.75. The first-order valence-corrected chi connectivity index (χ1v) is 7.16. The smallest absolute Gasteiger partial charge is 0.0886 e. The Hall–Kier alpha value is -0.720. The average molecular weight is 232 g/mol. The summed E-state index contributed by atoms with van der Waals surface area (Å²) in [5.74, 6) is 2.95. The maximum Gasteiger partial charge on any atom is 0.0886 e. The quantitative estimate of drug-likeness (QED) is 0.605. The van der Waals surface area contributed by atoms with Crippen LogP contribution in [0.25, 0.3) is 0 Å². The molecule has 94 valence electrons. The lowest BCUT2D eigenvalue weighted by atomic mass is 9.52. The van der Waals surface area contributed by atoms with Gasteiger partial charge in [-0.15, -0.1) is 0 Å². The van der Waals surface area contributed by atoms with Crippen LogP contribution in [-0.4, -0.2) is 5.11 Å². The van der Waals surface area contributed by atoms with E-state index < -0.39 is 0 Å². The minimum absolute atomic E-state index is 0.451. The number of hydrogen-bond donors (Lipinski definition) is 1. The molecule has 0 radical (unpaired) electrons. The van der Waals surface area contributed by atoms with E-state index in [2.05, 4.69) is 26.0 Å². The molecule has 0 bridgehead atoms. The SMILES string of the molecule is CC1=C[C@@H]2CC[C@@H]3C=C(O)CC[C@@]3(C)[C@H]2CC1. The fraction of sp³-hybridized carbons (Fsp3) is 0.750. The van der Waals surface area contributed by atoms with Crippen LogP contribution in [0.4, 0.5) is 0 Å². The summed E-state index contributed by atoms with van der Waals surface area (Å²) in [4.78, 5) is 0. The van der Waals surface area contributed by atoms with E-state index in [9.17, 15) is 5.11 Å². The van der Waals surface area contributed by atoms with Crippen molar-refractivity contribution in [3.63, 3.8) is 0 Å². The van der Waals surface area contributed by atoms with Gasteiger partial charge in [0.25, 0.3) is 0 Å². The number of allylic oxidation sites excluding steroid dienone is 4. The Labute approximate surface area is 105 Å². The molecule has 4 atom stereocenters. The highest BCUT2D eigenvalue weighted by Gasteiger charge is 2.48. The van der Waals surface area contributed by atoms with E-state index in [1.54, 1.807) is 5.57 Å². The van der Waals surface area contributed by atoms with Crippen LogP contribution in [-0.2, 0) is 0 Å². The Morgan fingerprint density at radius 3 is 2.82 bits per heavy atom. The molecule has 0 saturated heterocycles. The molecule has 1 fully saturated rings. The van der Waals surface area contributed by atoms with Gasteiger partial charge < -0.3 is 5.11 Å². The molecule has 0 heterocycles. The Kier molecular flexibility index (Phi) is 2.61. The van der Waals surface area contributed by atoms with E-state index in [0.717, 1.165) is 18.3 Å². The van der Waals surface area contributed by atoms with Gasteiger partial charge >= 0.3 is 0 Å². The largest absolute Gasteiger partial charge is 0.513 e. The predicted molar refractivity (Wildman–Crippen MR) is 70.7 cm³/mol. The van der Waals surface area contributed by atoms with Crippen LogP contribution in [0.1, 0.15) is 52.4 Å². The van der Waals surface area contributed by atoms with E-state index in [0.29, 0.717) is 17.1 Å². The standard InChI is InChI=1S/C16H24O/c1-11-3-6-15-12(9-11)4-5-13-10-14(17)7-8-16(13,15)2/h9-10,12-13,15,17H,3-8H2,1-2H3/t12-,13+,15-,16+/m0/s1. The first-order chi connectivity index (χ1) is 8.09. The molecule has 1 N–H and O–H groups in total. The first kappa shape index (κ1) is 11.4. The van der Waals surface area contributed by atoms with Gasteiger partial charge in [0.1, 0.15) is 0 Å². The molecule has 0 amide bonds. The molecule has 3 aliphatic carbocycles. The summed E-state index contributed by atoms with van der Waals surface area (Å²) in [6, 6.07) is 0. The molecule has 3 rings (SSSR count). The van der Waals surface area contributed by atoms with Crippen molar-refractivity contribution < 1.29 is 5.11 Å². The third-order valence-electron chi connectivity index (χ3n) is 5.68. The predicted octanol–water partition coefficient (Wildman–Crippen LogP) is 4.61. The Bertz CT molecular complexity index is 379. The highest BCUT2D eigenvalue weighted by atomic mass is 16.3. The zero-order chi connectivity index (χ0) is 12.0. The van der Waals surface area contributed by atoms with E-state index in [-0.39, 0.29) is 0 Å². The maximum absolute atomic E-state index is 9.75. The highest BCUT2D eigenvalue weighted by molar-refractivity contribution is 5.17. The van der Waals surface area contributed by atoms with Crippen molar-refractivity contribution in [2.24, 2.45) is 23.2 Å². The second-order valence-electron chi connectivity index (χ2n) is 6.67. The van der Waals surface area contributed by atoms with Crippen LogP contribution in [0, 0.1) is 23.2 Å². The number of aliphatic hydroxyl groups is 1. The number of rotatable bonds is 0. The minimum Gasteiger partial charge on any atom is -0.513 e. The fourth-order valence-electron chi connectivity index (χ4n) is 4.60. The Balaban J connectivity index is 1.92. The third-order valence-corrected chi connectivity index (χ3v) is 5.68. The van der Waals surface area contributed by atoms with Crippen molar-refractivity contribution in [2.45, 2.75) is 52.4 Å². The van der Waals surface area contributed by atoms with Crippen molar-refractivity contribution >= 4 is 0 Å². The number of hydrogen-bond acceptors (Lipinski definition) is 1. The minimum atomic E-state index is 0.451. The van der Waals surface area contributed by atoms with Gasteiger partial charge in [0.2, 0.25) is 0 Å². The second kappa shape index (κ2) is 3.90. The number of aliphatic hydroxyl groups excluding tert-OH is 1. The molecule has 0 aromatic heterocycles. The lowest BCUT2D eigenvalue weighted by molar-refractivity contribution is 0.00582. The zero-order valence-electron chi connectivity index (χ0n) is 11.1. The van der Waals surface area contributed by atoms with Gasteiger partial charge in [-0.25, -0.2) is 0 Å². The molecule has 3 aliphatic rings. The lowest BCUT2D eigenvalue weighted by Gasteiger charge is -2.53. The second-order valence-corrected chi connectivity index (χ2v) is 6.67. The van der Waals surface area contributed by atoms with Crippen LogP contribution in [0.5, 0.6) is 0 Å². The van der Waals surface area contributed by atoms with Gasteiger partial charge in [0.15, 0.2) is 0 Å². The average Bonchev–Trinajstić information content (AvgIpc) is 2.30. The van der Waals surface area contributed by atoms with Crippen molar-refractivity contribution in [3.8, 4) is 0 Å². The summed E-state index contributed by atoms with van der Waals surface area (Å²) in [7, 11) is 0. The Morgan fingerprint density at radius 1 is 1.18 bits per heavy atom. The number of fused-ring (bicyclic) bond motifs is 3. The van der Waals surface area contributed by atoms with Gasteiger partial charge in [-0.05, 0) is 68.3 Å². The highest BCUT2D eigenvalue weighted by Crippen LogP contribution is 2.57. The van der Waals surface area contributed by atoms with Crippen molar-refractivity contribution in [3.05, 3.63) is 23.5 Å². The van der Waals surface area contributed by atoms with Crippen molar-refractivity contribution in [1.82, 2.24) is 0 Å². The van der Waals surface area contributed by atoms with Crippen molar-refractivity contribution in [1.29, 1.82) is 0 Å². The molecule has 1 nitrogen and oxygen atoms in total. The third kappa shape index (κ3) is 1.75. The normalized spacial score (nSPS) is 45.4. The van der Waals surface area contributed by atoms with Crippen molar-refractivity contribution in [2.75, 3.05) is 0 Å². The molecule has 0 spiro atoms. The molecule has 1 saturated carbocycles. The van der Waals surface area contributed by atoms with Crippen LogP contribution >= 0.6 is 0 Å². The van der Waals surface area contributed by atoms with Crippen LogP contribution < -0.4 is 0 Å². The van der Waals surface area contributed by atoms with E-state index in [4.69, 9.17) is 0 Å². The molecular weight excluding hydrogens is 208 g/mol. The molecule has 0 aromatic carbocycles. The van der Waals surface area contributed by atoms with E-state index >= 15 is 0 Å². The molecule has 0 aliphatic heterocycles. The van der Waals surface area contributed by atoms with Gasteiger partial charge in [0.05, 0.1) is 5.76 Å². The topological polar surface area (TPSA) is 20.2 Å². The van der Waals surface area contributed by atoms with Crippen LogP contribution in [0.3, 0.4) is 0 Å². The Morgan fingerprint density at radius 2 is 2.00 bits per heavy atom. The summed E-state index contributed by atoms with van der Waals surface area (Å²) in [5.41, 5.74) is 2.05. The van der Waals surface area contributed by atoms with Gasteiger partial charge in [-0.3, -0.25) is 0 Å². The fourth-order valence-corrected chi connectivity index (χ4v) is 4.60. The summed E-state index contributed by atoms with van der Waals surface area (Å²) in [6.07, 6.45) is 12.1. The van der Waals surface area contributed by atoms with E-state index in [1.165, 1.54) is 32.1 Å². The summed E-state index contributed by atoms with van der Waals surface area (Å²) >= 11 is 0. The van der Waals surface area contributed by atoms with Gasteiger partial charge in [-0.2, -0.15) is 0 Å². The van der Waals surface area contributed by atoms with Gasteiger partial charge in [0, 0.05) is 6.42 Å². The summed E-state index contributed by atoms with van der Waals surface area (Å²) in [6.45, 7) is 4.77. The first-order valence-electron chi connectivity index (χ1n) is 7.16. The van der Waals surface area contributed by atoms with Crippen LogP contribution in [0.15, 0.2) is 23.5 Å². The molecule has 1 heteroatoms. The molecule has 17 heavy (non-hydrogen) atoms. The zero-order valence-corrected chi connectivity index (χ0v) is 11.1. The van der Waals surface area contributed by atoms with Crippen LogP contribution in [0.2, 0.25) is 0 Å². The molecule has 0 unspecified atom stereocenters. The summed E-state index contributed by atoms with van der Waals surface area (Å²) < 4.78 is 0. The lowest BCUT2D eigenvalue weighted by Crippen LogP contribution is -2.45. The monoisotopic (exact) mass is 232 g/mol. The van der Waals surface area contributed by atoms with Gasteiger partial charge in [-0.1, -0.05) is 18.6 Å². The molecular formula is C16H24O. The molecule has 0 aromatic rings.